The molecule has 0 radical (unpaired) electrons. The lowest BCUT2D eigenvalue weighted by Gasteiger charge is -2.23. The maximum Gasteiger partial charge on any atom is 0.308 e. The Labute approximate surface area is 99.6 Å². The normalized spacial score (nSPS) is 25.9. The summed E-state index contributed by atoms with van der Waals surface area (Å²) in [6, 6.07) is 7.40. The summed E-state index contributed by atoms with van der Waals surface area (Å²) in [5.74, 6) is -1.06. The number of hydrogen-bond donors (Lipinski definition) is 1. The van der Waals surface area contributed by atoms with E-state index in [2.05, 4.69) is 4.90 Å². The van der Waals surface area contributed by atoms with Crippen LogP contribution in [0.3, 0.4) is 0 Å². The minimum atomic E-state index is -0.727. The van der Waals surface area contributed by atoms with E-state index in [1.807, 2.05) is 25.2 Å². The highest BCUT2D eigenvalue weighted by molar-refractivity contribution is 6.30. The molecule has 2 rings (SSSR count). The van der Waals surface area contributed by atoms with Gasteiger partial charge in [0.05, 0.1) is 5.92 Å². The van der Waals surface area contributed by atoms with Gasteiger partial charge in [-0.3, -0.25) is 9.69 Å². The highest BCUT2D eigenvalue weighted by Crippen LogP contribution is 2.36. The van der Waals surface area contributed by atoms with Crippen LogP contribution < -0.4 is 0 Å². The summed E-state index contributed by atoms with van der Waals surface area (Å²) in [4.78, 5) is 13.2. The van der Waals surface area contributed by atoms with Crippen molar-refractivity contribution in [3.63, 3.8) is 0 Å². The van der Waals surface area contributed by atoms with Crippen LogP contribution >= 0.6 is 11.6 Å². The van der Waals surface area contributed by atoms with Crippen LogP contribution in [0.25, 0.3) is 0 Å². The van der Waals surface area contributed by atoms with E-state index >= 15 is 0 Å². The predicted octanol–water partition coefficient (Wildman–Crippen LogP) is 2.42. The van der Waals surface area contributed by atoms with E-state index < -0.39 is 5.97 Å². The molecule has 0 saturated carbocycles. The Morgan fingerprint density at radius 2 is 2.31 bits per heavy atom. The molecule has 1 aromatic rings. The molecule has 4 heteroatoms. The average Bonchev–Trinajstić information content (AvgIpc) is 2.60. The second-order valence-electron chi connectivity index (χ2n) is 4.21. The third-order valence-corrected chi connectivity index (χ3v) is 3.39. The largest absolute Gasteiger partial charge is 0.481 e. The fourth-order valence-corrected chi connectivity index (χ4v) is 2.58. The first-order chi connectivity index (χ1) is 7.59. The van der Waals surface area contributed by atoms with Crippen molar-refractivity contribution in [1.29, 1.82) is 0 Å². The lowest BCUT2D eigenvalue weighted by Crippen LogP contribution is -2.25. The molecular weight excluding hydrogens is 226 g/mol. The first-order valence-electron chi connectivity index (χ1n) is 5.28. The lowest BCUT2D eigenvalue weighted by molar-refractivity contribution is -0.142. The fraction of sp³-hybridized carbons (Fsp3) is 0.417. The van der Waals surface area contributed by atoms with Gasteiger partial charge in [-0.1, -0.05) is 23.7 Å². The molecule has 2 atom stereocenters. The molecule has 86 valence electrons. The summed E-state index contributed by atoms with van der Waals surface area (Å²) in [7, 11) is 1.95. The first kappa shape index (κ1) is 11.4. The van der Waals surface area contributed by atoms with Crippen molar-refractivity contribution in [3.8, 4) is 0 Å². The molecule has 1 aliphatic heterocycles. The Hall–Kier alpha value is -1.06. The maximum atomic E-state index is 11.2. The van der Waals surface area contributed by atoms with Gasteiger partial charge in [0.2, 0.25) is 0 Å². The molecule has 1 fully saturated rings. The van der Waals surface area contributed by atoms with Gasteiger partial charge in [-0.25, -0.2) is 0 Å². The third-order valence-electron chi connectivity index (χ3n) is 3.16. The molecule has 0 spiro atoms. The number of nitrogens with zero attached hydrogens (tertiary/aromatic N) is 1. The van der Waals surface area contributed by atoms with E-state index in [-0.39, 0.29) is 12.0 Å². The number of carboxylic acid groups (broad SMARTS) is 1. The van der Waals surface area contributed by atoms with Crippen LogP contribution in [0.4, 0.5) is 0 Å². The summed E-state index contributed by atoms with van der Waals surface area (Å²) in [6.45, 7) is 0.814. The smallest absolute Gasteiger partial charge is 0.308 e. The molecule has 1 heterocycles. The van der Waals surface area contributed by atoms with Crippen molar-refractivity contribution < 1.29 is 9.90 Å². The molecule has 1 saturated heterocycles. The maximum absolute atomic E-state index is 11.2. The number of rotatable bonds is 2. The molecule has 1 aliphatic rings. The zero-order valence-corrected chi connectivity index (χ0v) is 9.81. The van der Waals surface area contributed by atoms with Gasteiger partial charge in [0.15, 0.2) is 0 Å². The van der Waals surface area contributed by atoms with Gasteiger partial charge in [0.25, 0.3) is 0 Å². The highest BCUT2D eigenvalue weighted by atomic mass is 35.5. The van der Waals surface area contributed by atoms with E-state index in [0.717, 1.165) is 12.1 Å². The van der Waals surface area contributed by atoms with Crippen molar-refractivity contribution in [2.24, 2.45) is 5.92 Å². The topological polar surface area (TPSA) is 40.5 Å². The van der Waals surface area contributed by atoms with Crippen molar-refractivity contribution in [1.82, 2.24) is 4.90 Å². The Bertz CT molecular complexity index is 408. The Morgan fingerprint density at radius 3 is 2.94 bits per heavy atom. The summed E-state index contributed by atoms with van der Waals surface area (Å²) in [6.07, 6.45) is 0.697. The Kier molecular flexibility index (Phi) is 3.17. The minimum Gasteiger partial charge on any atom is -0.481 e. The molecule has 2 unspecified atom stereocenters. The average molecular weight is 240 g/mol. The second-order valence-corrected chi connectivity index (χ2v) is 4.65. The monoisotopic (exact) mass is 239 g/mol. The predicted molar refractivity (Wildman–Crippen MR) is 62.6 cm³/mol. The van der Waals surface area contributed by atoms with Gasteiger partial charge >= 0.3 is 5.97 Å². The number of benzene rings is 1. The molecular formula is C12H14ClNO2. The van der Waals surface area contributed by atoms with Gasteiger partial charge in [0.1, 0.15) is 0 Å². The number of carboxylic acids is 1. The summed E-state index contributed by atoms with van der Waals surface area (Å²) < 4.78 is 0. The second kappa shape index (κ2) is 4.44. The molecule has 0 aliphatic carbocycles. The van der Waals surface area contributed by atoms with Crippen LogP contribution in [0.5, 0.6) is 0 Å². The van der Waals surface area contributed by atoms with Crippen LogP contribution in [-0.2, 0) is 4.79 Å². The van der Waals surface area contributed by atoms with Crippen LogP contribution in [0.2, 0.25) is 5.02 Å². The lowest BCUT2D eigenvalue weighted by atomic mass is 9.94. The minimum absolute atomic E-state index is 0.0591. The van der Waals surface area contributed by atoms with Crippen LogP contribution in [0.1, 0.15) is 18.0 Å². The molecule has 16 heavy (non-hydrogen) atoms. The number of carbonyl (C=O) groups is 1. The summed E-state index contributed by atoms with van der Waals surface area (Å²) in [5, 5.41) is 9.83. The number of hydrogen-bond acceptors (Lipinski definition) is 2. The SMILES string of the molecule is CN1CCC(C(=O)O)C1c1cccc(Cl)c1. The molecule has 0 aromatic heterocycles. The summed E-state index contributed by atoms with van der Waals surface area (Å²) in [5.41, 5.74) is 0.986. The fourth-order valence-electron chi connectivity index (χ4n) is 2.38. The van der Waals surface area contributed by atoms with Crippen LogP contribution in [0.15, 0.2) is 24.3 Å². The van der Waals surface area contributed by atoms with Crippen molar-refractivity contribution in [2.75, 3.05) is 13.6 Å². The standard InChI is InChI=1S/C12H14ClNO2/c1-14-6-5-10(12(15)16)11(14)8-3-2-4-9(13)7-8/h2-4,7,10-11H,5-6H2,1H3,(H,15,16). The molecule has 0 bridgehead atoms. The highest BCUT2D eigenvalue weighted by Gasteiger charge is 2.37. The zero-order valence-electron chi connectivity index (χ0n) is 9.06. The van der Waals surface area contributed by atoms with Gasteiger partial charge in [-0.2, -0.15) is 0 Å². The van der Waals surface area contributed by atoms with E-state index in [9.17, 15) is 9.90 Å². The Balaban J connectivity index is 2.33. The van der Waals surface area contributed by atoms with Crippen LogP contribution in [0, 0.1) is 5.92 Å². The molecule has 3 nitrogen and oxygen atoms in total. The number of likely N-dealkylation sites (tertiary alicyclic amines) is 1. The number of halogens is 1. The third kappa shape index (κ3) is 2.06. The van der Waals surface area contributed by atoms with E-state index in [4.69, 9.17) is 11.6 Å². The quantitative estimate of drug-likeness (QED) is 0.862. The van der Waals surface area contributed by atoms with Gasteiger partial charge in [-0.05, 0) is 37.7 Å². The number of aliphatic carboxylic acids is 1. The van der Waals surface area contributed by atoms with Gasteiger partial charge < -0.3 is 5.11 Å². The van der Waals surface area contributed by atoms with Crippen molar-refractivity contribution >= 4 is 17.6 Å². The van der Waals surface area contributed by atoms with Crippen LogP contribution in [-0.4, -0.2) is 29.6 Å². The van der Waals surface area contributed by atoms with Crippen molar-refractivity contribution in [2.45, 2.75) is 12.5 Å². The van der Waals surface area contributed by atoms with Gasteiger partial charge in [0, 0.05) is 11.1 Å². The van der Waals surface area contributed by atoms with Crippen molar-refractivity contribution in [3.05, 3.63) is 34.9 Å². The molecule has 0 amide bonds. The van der Waals surface area contributed by atoms with E-state index in [0.29, 0.717) is 11.4 Å². The van der Waals surface area contributed by atoms with E-state index in [1.165, 1.54) is 0 Å². The summed E-state index contributed by atoms with van der Waals surface area (Å²) >= 11 is 5.93. The first-order valence-corrected chi connectivity index (χ1v) is 5.66. The van der Waals surface area contributed by atoms with Gasteiger partial charge in [-0.15, -0.1) is 0 Å². The van der Waals surface area contributed by atoms with E-state index in [1.54, 1.807) is 6.07 Å². The molecule has 1 N–H and O–H groups in total. The molecule has 1 aromatic carbocycles. The Morgan fingerprint density at radius 1 is 1.56 bits per heavy atom. The zero-order chi connectivity index (χ0) is 11.7.